The molecule has 0 bridgehead atoms. The van der Waals surface area contributed by atoms with Crippen LogP contribution in [-0.2, 0) is 6.42 Å². The third kappa shape index (κ3) is 2.73. The lowest BCUT2D eigenvalue weighted by atomic mass is 10.1. The highest BCUT2D eigenvalue weighted by molar-refractivity contribution is 6.15. The van der Waals surface area contributed by atoms with Crippen molar-refractivity contribution in [2.75, 3.05) is 4.90 Å². The number of aromatic nitrogens is 3. The second kappa shape index (κ2) is 6.55. The predicted molar refractivity (Wildman–Crippen MR) is 115 cm³/mol. The second-order valence-corrected chi connectivity index (χ2v) is 7.70. The van der Waals surface area contributed by atoms with Crippen molar-refractivity contribution < 1.29 is 4.79 Å². The molecule has 1 aliphatic heterocycles. The van der Waals surface area contributed by atoms with E-state index in [1.807, 2.05) is 78.0 Å². The average molecular weight is 382 g/mol. The van der Waals surface area contributed by atoms with Crippen molar-refractivity contribution in [1.82, 2.24) is 14.8 Å². The number of amides is 1. The Balaban J connectivity index is 1.70. The molecule has 1 atom stereocenters. The van der Waals surface area contributed by atoms with Crippen LogP contribution < -0.4 is 4.90 Å². The summed E-state index contributed by atoms with van der Waals surface area (Å²) in [5, 5.41) is 5.54. The number of para-hydroxylation sites is 2. The molecule has 0 N–H and O–H groups in total. The molecule has 0 aliphatic carbocycles. The first-order valence-electron chi connectivity index (χ1n) is 9.88. The van der Waals surface area contributed by atoms with Gasteiger partial charge in [-0.2, -0.15) is 5.10 Å². The Morgan fingerprint density at radius 1 is 1.03 bits per heavy atom. The highest BCUT2D eigenvalue weighted by Gasteiger charge is 2.33. The Morgan fingerprint density at radius 3 is 2.55 bits per heavy atom. The zero-order valence-corrected chi connectivity index (χ0v) is 16.8. The topological polar surface area (TPSA) is 51.0 Å². The van der Waals surface area contributed by atoms with E-state index in [0.29, 0.717) is 5.56 Å². The van der Waals surface area contributed by atoms with Gasteiger partial charge >= 0.3 is 0 Å². The van der Waals surface area contributed by atoms with Gasteiger partial charge in [0.25, 0.3) is 5.91 Å². The third-order valence-electron chi connectivity index (χ3n) is 5.60. The van der Waals surface area contributed by atoms with E-state index in [4.69, 9.17) is 10.1 Å². The highest BCUT2D eigenvalue weighted by atomic mass is 16.2. The molecule has 2 aromatic heterocycles. The van der Waals surface area contributed by atoms with Crippen molar-refractivity contribution >= 4 is 22.6 Å². The first kappa shape index (κ1) is 17.6. The minimum absolute atomic E-state index is 0.00802. The number of aryl methyl sites for hydroxylation is 2. The van der Waals surface area contributed by atoms with E-state index in [-0.39, 0.29) is 11.9 Å². The van der Waals surface area contributed by atoms with E-state index in [1.165, 1.54) is 5.56 Å². The van der Waals surface area contributed by atoms with Crippen LogP contribution in [0.5, 0.6) is 0 Å². The van der Waals surface area contributed by atoms with Crippen LogP contribution in [0.2, 0.25) is 0 Å². The van der Waals surface area contributed by atoms with Crippen molar-refractivity contribution in [3.63, 3.8) is 0 Å². The summed E-state index contributed by atoms with van der Waals surface area (Å²) in [4.78, 5) is 20.4. The molecule has 0 saturated carbocycles. The number of fused-ring (bicyclic) bond motifs is 2. The first-order chi connectivity index (χ1) is 14.0. The van der Waals surface area contributed by atoms with Gasteiger partial charge in [0, 0.05) is 17.4 Å². The van der Waals surface area contributed by atoms with Crippen molar-refractivity contribution in [1.29, 1.82) is 0 Å². The van der Waals surface area contributed by atoms with E-state index in [2.05, 4.69) is 13.0 Å². The second-order valence-electron chi connectivity index (χ2n) is 7.70. The van der Waals surface area contributed by atoms with Crippen molar-refractivity contribution in [2.45, 2.75) is 33.2 Å². The average Bonchev–Trinajstić information content (AvgIpc) is 3.23. The van der Waals surface area contributed by atoms with Gasteiger partial charge in [-0.1, -0.05) is 36.4 Å². The van der Waals surface area contributed by atoms with E-state index >= 15 is 0 Å². The fourth-order valence-electron chi connectivity index (χ4n) is 4.34. The zero-order chi connectivity index (χ0) is 20.1. The summed E-state index contributed by atoms with van der Waals surface area (Å²) in [6.07, 6.45) is 0.872. The molecule has 144 valence electrons. The van der Waals surface area contributed by atoms with Gasteiger partial charge in [0.2, 0.25) is 0 Å². The summed E-state index contributed by atoms with van der Waals surface area (Å²) in [7, 11) is 0. The predicted octanol–water partition coefficient (Wildman–Crippen LogP) is 4.63. The molecule has 0 fully saturated rings. The van der Waals surface area contributed by atoms with Crippen LogP contribution in [0.25, 0.3) is 16.7 Å². The lowest BCUT2D eigenvalue weighted by molar-refractivity contribution is 0.0983. The van der Waals surface area contributed by atoms with Crippen molar-refractivity contribution in [3.05, 3.63) is 83.2 Å². The van der Waals surface area contributed by atoms with Crippen LogP contribution in [0.15, 0.2) is 60.7 Å². The molecule has 5 heteroatoms. The molecule has 1 amide bonds. The van der Waals surface area contributed by atoms with E-state index < -0.39 is 0 Å². The lowest BCUT2D eigenvalue weighted by Crippen LogP contribution is -2.36. The van der Waals surface area contributed by atoms with Gasteiger partial charge in [0.1, 0.15) is 0 Å². The number of rotatable bonds is 2. The van der Waals surface area contributed by atoms with Crippen LogP contribution in [0.1, 0.15) is 34.2 Å². The lowest BCUT2D eigenvalue weighted by Gasteiger charge is -2.23. The summed E-state index contributed by atoms with van der Waals surface area (Å²) < 4.78 is 1.83. The maximum atomic E-state index is 13.7. The van der Waals surface area contributed by atoms with Crippen LogP contribution in [0.3, 0.4) is 0 Å². The summed E-state index contributed by atoms with van der Waals surface area (Å²) in [6, 6.07) is 20.1. The molecule has 29 heavy (non-hydrogen) atoms. The molecule has 4 aromatic rings. The Bertz CT molecular complexity index is 1240. The molecule has 5 rings (SSSR count). The summed E-state index contributed by atoms with van der Waals surface area (Å²) in [5.74, 6) is 0.00802. The number of anilines is 1. The van der Waals surface area contributed by atoms with Gasteiger partial charge in [0.05, 0.1) is 22.3 Å². The molecule has 2 aromatic carbocycles. The minimum atomic E-state index is 0.00802. The SMILES string of the molecule is Cc1cc(C(=O)N2c3ccccc3C[C@H]2C)c2c(C)nn(-c3ccccc3)c2n1. The standard InChI is InChI=1S/C24H22N4O/c1-15-13-20(24(29)27-16(2)14-18-9-7-8-12-21(18)27)22-17(3)26-28(23(22)25-15)19-10-5-4-6-11-19/h4-13,16H,14H2,1-3H3/t16-/m1/s1. The third-order valence-corrected chi connectivity index (χ3v) is 5.60. The normalized spacial score (nSPS) is 15.7. The number of carbonyl (C=O) groups excluding carboxylic acids is 1. The Kier molecular flexibility index (Phi) is 3.98. The minimum Gasteiger partial charge on any atom is -0.305 e. The van der Waals surface area contributed by atoms with Gasteiger partial charge in [-0.25, -0.2) is 9.67 Å². The summed E-state index contributed by atoms with van der Waals surface area (Å²) in [6.45, 7) is 5.97. The Hall–Kier alpha value is -3.47. The number of hydrogen-bond acceptors (Lipinski definition) is 3. The monoisotopic (exact) mass is 382 g/mol. The molecule has 0 saturated heterocycles. The molecular formula is C24H22N4O. The number of benzene rings is 2. The van der Waals surface area contributed by atoms with Gasteiger partial charge in [-0.15, -0.1) is 0 Å². The molecule has 0 unspecified atom stereocenters. The molecule has 0 radical (unpaired) electrons. The largest absolute Gasteiger partial charge is 0.305 e. The van der Waals surface area contributed by atoms with Crippen LogP contribution in [0, 0.1) is 13.8 Å². The maximum absolute atomic E-state index is 13.7. The molecule has 1 aliphatic rings. The van der Waals surface area contributed by atoms with Crippen molar-refractivity contribution in [2.24, 2.45) is 0 Å². The fourth-order valence-corrected chi connectivity index (χ4v) is 4.34. The number of carbonyl (C=O) groups is 1. The summed E-state index contributed by atoms with van der Waals surface area (Å²) in [5.41, 5.74) is 6.14. The van der Waals surface area contributed by atoms with Gasteiger partial charge in [-0.3, -0.25) is 4.79 Å². The van der Waals surface area contributed by atoms with Gasteiger partial charge < -0.3 is 4.90 Å². The fraction of sp³-hybridized carbons (Fsp3) is 0.208. The number of hydrogen-bond donors (Lipinski definition) is 0. The van der Waals surface area contributed by atoms with E-state index in [9.17, 15) is 4.79 Å². The van der Waals surface area contributed by atoms with Crippen LogP contribution in [0.4, 0.5) is 5.69 Å². The molecular weight excluding hydrogens is 360 g/mol. The number of nitrogens with zero attached hydrogens (tertiary/aromatic N) is 4. The quantitative estimate of drug-likeness (QED) is 0.508. The van der Waals surface area contributed by atoms with E-state index in [1.54, 1.807) is 0 Å². The van der Waals surface area contributed by atoms with Crippen LogP contribution >= 0.6 is 0 Å². The zero-order valence-electron chi connectivity index (χ0n) is 16.8. The highest BCUT2D eigenvalue weighted by Crippen LogP contribution is 2.35. The summed E-state index contributed by atoms with van der Waals surface area (Å²) >= 11 is 0. The Labute approximate surface area is 169 Å². The smallest absolute Gasteiger partial charge is 0.259 e. The number of pyridine rings is 1. The Morgan fingerprint density at radius 2 is 1.76 bits per heavy atom. The van der Waals surface area contributed by atoms with E-state index in [0.717, 1.165) is 40.2 Å². The maximum Gasteiger partial charge on any atom is 0.259 e. The van der Waals surface area contributed by atoms with Gasteiger partial charge in [0.15, 0.2) is 5.65 Å². The molecule has 0 spiro atoms. The van der Waals surface area contributed by atoms with Crippen molar-refractivity contribution in [3.8, 4) is 5.69 Å². The first-order valence-corrected chi connectivity index (χ1v) is 9.88. The molecule has 5 nitrogen and oxygen atoms in total. The van der Waals surface area contributed by atoms with Gasteiger partial charge in [-0.05, 0) is 57.0 Å². The molecule has 3 heterocycles. The van der Waals surface area contributed by atoms with Crippen LogP contribution in [-0.4, -0.2) is 26.7 Å².